The number of esters is 1. The Hall–Kier alpha value is -0.870. The van der Waals surface area contributed by atoms with Crippen LogP contribution in [0, 0.1) is 5.92 Å². The summed E-state index contributed by atoms with van der Waals surface area (Å²) in [5, 5.41) is -1.62. The Labute approximate surface area is 128 Å². The fourth-order valence-corrected chi connectivity index (χ4v) is 3.95. The molecule has 0 N–H and O–H groups in total. The first-order valence-corrected chi connectivity index (χ1v) is 8.26. The number of hydrogen-bond acceptors (Lipinski definition) is 5. The fourth-order valence-electron chi connectivity index (χ4n) is 2.35. The largest absolute Gasteiger partial charge is 0.462 e. The third-order valence-electron chi connectivity index (χ3n) is 3.37. The van der Waals surface area contributed by atoms with Gasteiger partial charge in [0.05, 0.1) is 18.6 Å². The van der Waals surface area contributed by atoms with Crippen LogP contribution in [-0.2, 0) is 19.6 Å². The zero-order valence-electron chi connectivity index (χ0n) is 12.9. The number of sulfonamides is 1. The van der Waals surface area contributed by atoms with Gasteiger partial charge in [0.2, 0.25) is 10.0 Å². The molecule has 1 aliphatic heterocycles. The quantitative estimate of drug-likeness (QED) is 0.686. The Morgan fingerprint density at radius 2 is 1.86 bits per heavy atom. The van der Waals surface area contributed by atoms with E-state index in [9.17, 15) is 26.4 Å². The SMILES string of the molecule is CC(C)OC(=O)CN1C[C@H](C(F)(F)F)[C@@H](S(=O)(=O)N(C)C)C1. The summed E-state index contributed by atoms with van der Waals surface area (Å²) in [6.45, 7) is 2.01. The number of alkyl halides is 3. The minimum Gasteiger partial charge on any atom is -0.462 e. The third-order valence-corrected chi connectivity index (χ3v) is 5.63. The van der Waals surface area contributed by atoms with E-state index < -0.39 is 39.9 Å². The van der Waals surface area contributed by atoms with Gasteiger partial charge in [0.1, 0.15) is 5.25 Å². The number of rotatable bonds is 5. The van der Waals surface area contributed by atoms with Crippen LogP contribution >= 0.6 is 0 Å². The van der Waals surface area contributed by atoms with E-state index >= 15 is 0 Å². The molecule has 10 heteroatoms. The summed E-state index contributed by atoms with van der Waals surface area (Å²) < 4.78 is 69.1. The molecule has 1 rings (SSSR count). The first-order chi connectivity index (χ1) is 9.85. The number of halogens is 3. The van der Waals surface area contributed by atoms with Gasteiger partial charge in [-0.15, -0.1) is 0 Å². The molecule has 0 bridgehead atoms. The van der Waals surface area contributed by atoms with Crippen molar-refractivity contribution in [3.8, 4) is 0 Å². The Morgan fingerprint density at radius 1 is 1.32 bits per heavy atom. The summed E-state index contributed by atoms with van der Waals surface area (Å²) in [5.41, 5.74) is 0. The molecule has 0 saturated carbocycles. The van der Waals surface area contributed by atoms with Crippen molar-refractivity contribution < 1.29 is 31.1 Å². The van der Waals surface area contributed by atoms with Gasteiger partial charge in [-0.05, 0) is 13.8 Å². The lowest BCUT2D eigenvalue weighted by molar-refractivity contribution is -0.170. The first kappa shape index (κ1) is 19.2. The van der Waals surface area contributed by atoms with Crippen molar-refractivity contribution >= 4 is 16.0 Å². The summed E-state index contributed by atoms with van der Waals surface area (Å²) in [6, 6.07) is 0. The van der Waals surface area contributed by atoms with E-state index in [4.69, 9.17) is 4.74 Å². The van der Waals surface area contributed by atoms with Crippen LogP contribution in [0.1, 0.15) is 13.8 Å². The van der Waals surface area contributed by atoms with Crippen LogP contribution in [0.25, 0.3) is 0 Å². The van der Waals surface area contributed by atoms with Gasteiger partial charge in [-0.25, -0.2) is 12.7 Å². The van der Waals surface area contributed by atoms with E-state index in [1.807, 2.05) is 0 Å². The first-order valence-electron chi connectivity index (χ1n) is 6.75. The van der Waals surface area contributed by atoms with Gasteiger partial charge >= 0.3 is 12.1 Å². The molecule has 2 atom stereocenters. The minimum atomic E-state index is -4.65. The number of nitrogens with zero attached hydrogens (tertiary/aromatic N) is 2. The monoisotopic (exact) mass is 346 g/mol. The second-order valence-electron chi connectivity index (χ2n) is 5.75. The Morgan fingerprint density at radius 3 is 2.27 bits per heavy atom. The van der Waals surface area contributed by atoms with Crippen LogP contribution in [-0.4, -0.2) is 74.9 Å². The lowest BCUT2D eigenvalue weighted by atomic mass is 10.1. The van der Waals surface area contributed by atoms with Gasteiger partial charge in [0, 0.05) is 27.2 Å². The van der Waals surface area contributed by atoms with Crippen LogP contribution in [0.4, 0.5) is 13.2 Å². The van der Waals surface area contributed by atoms with E-state index in [1.54, 1.807) is 13.8 Å². The van der Waals surface area contributed by atoms with Gasteiger partial charge in [-0.1, -0.05) is 0 Å². The molecular formula is C12H21F3N2O4S. The van der Waals surface area contributed by atoms with Crippen molar-refractivity contribution in [1.29, 1.82) is 0 Å². The van der Waals surface area contributed by atoms with Crippen LogP contribution in [0.3, 0.4) is 0 Å². The minimum absolute atomic E-state index is 0.349. The normalized spacial score (nSPS) is 24.2. The molecule has 0 aromatic heterocycles. The fraction of sp³-hybridized carbons (Fsp3) is 0.917. The predicted molar refractivity (Wildman–Crippen MR) is 73.6 cm³/mol. The van der Waals surface area contributed by atoms with Crippen molar-refractivity contribution in [2.45, 2.75) is 31.4 Å². The van der Waals surface area contributed by atoms with Crippen molar-refractivity contribution in [3.05, 3.63) is 0 Å². The highest BCUT2D eigenvalue weighted by Gasteiger charge is 2.55. The molecule has 1 heterocycles. The van der Waals surface area contributed by atoms with Crippen LogP contribution in [0.15, 0.2) is 0 Å². The van der Waals surface area contributed by atoms with Crippen molar-refractivity contribution in [1.82, 2.24) is 9.21 Å². The number of carbonyl (C=O) groups excluding carboxylic acids is 1. The van der Waals surface area contributed by atoms with E-state index in [-0.39, 0.29) is 19.2 Å². The third kappa shape index (κ3) is 4.56. The molecule has 0 aromatic carbocycles. The second-order valence-corrected chi connectivity index (χ2v) is 8.11. The summed E-state index contributed by atoms with van der Waals surface area (Å²) in [5.74, 6) is -2.69. The van der Waals surface area contributed by atoms with Crippen LogP contribution in [0.5, 0.6) is 0 Å². The maximum atomic E-state index is 13.1. The topological polar surface area (TPSA) is 66.9 Å². The van der Waals surface area contributed by atoms with Gasteiger partial charge in [-0.3, -0.25) is 9.69 Å². The zero-order valence-corrected chi connectivity index (χ0v) is 13.7. The summed E-state index contributed by atoms with van der Waals surface area (Å²) in [4.78, 5) is 12.7. The zero-order chi connectivity index (χ0) is 17.3. The highest BCUT2D eigenvalue weighted by Crippen LogP contribution is 2.37. The van der Waals surface area contributed by atoms with Crippen molar-refractivity contribution in [2.75, 3.05) is 33.7 Å². The van der Waals surface area contributed by atoms with Gasteiger partial charge in [-0.2, -0.15) is 13.2 Å². The smallest absolute Gasteiger partial charge is 0.394 e. The van der Waals surface area contributed by atoms with E-state index in [2.05, 4.69) is 0 Å². The molecule has 130 valence electrons. The lowest BCUT2D eigenvalue weighted by Crippen LogP contribution is -2.43. The maximum Gasteiger partial charge on any atom is 0.394 e. The average Bonchev–Trinajstić information content (AvgIpc) is 2.71. The number of carbonyl (C=O) groups is 1. The molecule has 1 saturated heterocycles. The number of likely N-dealkylation sites (tertiary alicyclic amines) is 1. The Kier molecular flexibility index (Phi) is 5.85. The van der Waals surface area contributed by atoms with Gasteiger partial charge < -0.3 is 4.74 Å². The molecule has 0 aromatic rings. The molecule has 22 heavy (non-hydrogen) atoms. The number of hydrogen-bond donors (Lipinski definition) is 0. The Balaban J connectivity index is 2.91. The summed E-state index contributed by atoms with van der Waals surface area (Å²) >= 11 is 0. The van der Waals surface area contributed by atoms with E-state index in [0.717, 1.165) is 4.31 Å². The van der Waals surface area contributed by atoms with Crippen molar-refractivity contribution in [3.63, 3.8) is 0 Å². The molecule has 0 amide bonds. The molecule has 1 fully saturated rings. The number of ether oxygens (including phenoxy) is 1. The Bertz CT molecular complexity index is 505. The van der Waals surface area contributed by atoms with Crippen LogP contribution < -0.4 is 0 Å². The highest BCUT2D eigenvalue weighted by molar-refractivity contribution is 7.89. The molecule has 6 nitrogen and oxygen atoms in total. The van der Waals surface area contributed by atoms with Gasteiger partial charge in [0.15, 0.2) is 0 Å². The predicted octanol–water partition coefficient (Wildman–Crippen LogP) is 0.692. The van der Waals surface area contributed by atoms with E-state index in [1.165, 1.54) is 19.0 Å². The molecular weight excluding hydrogens is 325 g/mol. The van der Waals surface area contributed by atoms with E-state index in [0.29, 0.717) is 0 Å². The highest BCUT2D eigenvalue weighted by atomic mass is 32.2. The molecule has 0 aliphatic carbocycles. The second kappa shape index (κ2) is 6.71. The summed E-state index contributed by atoms with van der Waals surface area (Å²) in [7, 11) is -1.70. The van der Waals surface area contributed by atoms with Gasteiger partial charge in [0.25, 0.3) is 0 Å². The maximum absolute atomic E-state index is 13.1. The van der Waals surface area contributed by atoms with Crippen LogP contribution in [0.2, 0.25) is 0 Å². The molecule has 1 aliphatic rings. The standard InChI is InChI=1S/C12H21F3N2O4S/c1-8(2)21-11(18)7-17-5-9(12(13,14)15)10(6-17)22(19,20)16(3)4/h8-10H,5-7H2,1-4H3/t9-,10-/m0/s1. The lowest BCUT2D eigenvalue weighted by Gasteiger charge is -2.24. The molecule has 0 spiro atoms. The van der Waals surface area contributed by atoms with Crippen molar-refractivity contribution in [2.24, 2.45) is 5.92 Å². The summed E-state index contributed by atoms with van der Waals surface area (Å²) in [6.07, 6.45) is -5.03. The molecule has 0 unspecified atom stereocenters. The molecule has 0 radical (unpaired) electrons. The average molecular weight is 346 g/mol.